The van der Waals surface area contributed by atoms with Crippen molar-refractivity contribution in [3.05, 3.63) is 76.1 Å². The van der Waals surface area contributed by atoms with Crippen LogP contribution in [0, 0.1) is 16.0 Å². The zero-order valence-corrected chi connectivity index (χ0v) is 11.8. The molecule has 1 N–H and O–H groups in total. The molecule has 0 radical (unpaired) electrons. The standard InChI is InChI=1S/C17H15N3O2/c21-20(22)12-6-7-16-15(9-12)13-4-1-5-14(13)17(19-16)11-3-2-8-18-10-11/h1-4,6-10,13-14,17,19H,5H2/t13-,14-,17-/m1/s1. The SMILES string of the molecule is O=[N+]([O-])c1ccc2c(c1)[C@@H]1C=CC[C@H]1[C@@H](c1cccnc1)N2. The van der Waals surface area contributed by atoms with Crippen LogP contribution in [-0.4, -0.2) is 9.91 Å². The lowest BCUT2D eigenvalue weighted by atomic mass is 9.77. The third kappa shape index (κ3) is 1.97. The van der Waals surface area contributed by atoms with Crippen LogP contribution in [0.2, 0.25) is 0 Å². The Bertz CT molecular complexity index is 758. The van der Waals surface area contributed by atoms with E-state index in [1.807, 2.05) is 18.3 Å². The van der Waals surface area contributed by atoms with Gasteiger partial charge in [0, 0.05) is 36.1 Å². The molecule has 1 aromatic carbocycles. The van der Waals surface area contributed by atoms with Crippen LogP contribution in [0.3, 0.4) is 0 Å². The maximum absolute atomic E-state index is 11.0. The number of rotatable bonds is 2. The second-order valence-corrected chi connectivity index (χ2v) is 5.79. The number of nitrogens with zero attached hydrogens (tertiary/aromatic N) is 2. The van der Waals surface area contributed by atoms with E-state index in [1.165, 1.54) is 0 Å². The molecule has 2 aliphatic rings. The molecule has 5 nitrogen and oxygen atoms in total. The number of hydrogen-bond acceptors (Lipinski definition) is 4. The van der Waals surface area contributed by atoms with Gasteiger partial charge in [-0.2, -0.15) is 0 Å². The lowest BCUT2D eigenvalue weighted by molar-refractivity contribution is -0.384. The van der Waals surface area contributed by atoms with Gasteiger partial charge in [0.25, 0.3) is 5.69 Å². The summed E-state index contributed by atoms with van der Waals surface area (Å²) >= 11 is 0. The Balaban J connectivity index is 1.79. The van der Waals surface area contributed by atoms with E-state index in [9.17, 15) is 10.1 Å². The van der Waals surface area contributed by atoms with E-state index in [4.69, 9.17) is 0 Å². The molecule has 110 valence electrons. The van der Waals surface area contributed by atoms with Crippen molar-refractivity contribution in [1.82, 2.24) is 4.98 Å². The molecule has 0 amide bonds. The minimum Gasteiger partial charge on any atom is -0.378 e. The molecule has 0 saturated carbocycles. The van der Waals surface area contributed by atoms with Crippen molar-refractivity contribution in [2.24, 2.45) is 5.92 Å². The van der Waals surface area contributed by atoms with Crippen molar-refractivity contribution < 1.29 is 4.92 Å². The predicted molar refractivity (Wildman–Crippen MR) is 83.7 cm³/mol. The molecule has 2 heterocycles. The Hall–Kier alpha value is -2.69. The average molecular weight is 293 g/mol. The number of allylic oxidation sites excluding steroid dienone is 2. The Morgan fingerprint density at radius 2 is 2.23 bits per heavy atom. The van der Waals surface area contributed by atoms with Gasteiger partial charge in [0.05, 0.1) is 11.0 Å². The Labute approximate surface area is 127 Å². The fraction of sp³-hybridized carbons (Fsp3) is 0.235. The fourth-order valence-electron chi connectivity index (χ4n) is 3.59. The summed E-state index contributed by atoms with van der Waals surface area (Å²) < 4.78 is 0. The van der Waals surface area contributed by atoms with E-state index in [0.29, 0.717) is 5.92 Å². The van der Waals surface area contributed by atoms with Crippen LogP contribution in [0.15, 0.2) is 54.9 Å². The second-order valence-electron chi connectivity index (χ2n) is 5.79. The van der Waals surface area contributed by atoms with E-state index in [-0.39, 0.29) is 22.6 Å². The molecule has 3 atom stereocenters. The first-order valence-electron chi connectivity index (χ1n) is 7.35. The molecule has 0 spiro atoms. The molecule has 4 rings (SSSR count). The Kier molecular flexibility index (Phi) is 2.92. The third-order valence-corrected chi connectivity index (χ3v) is 4.60. The summed E-state index contributed by atoms with van der Waals surface area (Å²) in [7, 11) is 0. The summed E-state index contributed by atoms with van der Waals surface area (Å²) in [6.45, 7) is 0. The van der Waals surface area contributed by atoms with E-state index in [2.05, 4.69) is 28.5 Å². The van der Waals surface area contributed by atoms with Crippen molar-refractivity contribution in [3.8, 4) is 0 Å². The highest BCUT2D eigenvalue weighted by atomic mass is 16.6. The summed E-state index contributed by atoms with van der Waals surface area (Å²) in [6, 6.07) is 9.29. The summed E-state index contributed by atoms with van der Waals surface area (Å²) in [6.07, 6.45) is 8.99. The molecule has 22 heavy (non-hydrogen) atoms. The molecule has 1 aliphatic carbocycles. The van der Waals surface area contributed by atoms with E-state index < -0.39 is 0 Å². The number of benzene rings is 1. The largest absolute Gasteiger partial charge is 0.378 e. The minimum atomic E-state index is -0.332. The molecule has 0 unspecified atom stereocenters. The highest BCUT2D eigenvalue weighted by Crippen LogP contribution is 2.50. The molecule has 1 aliphatic heterocycles. The topological polar surface area (TPSA) is 68.1 Å². The summed E-state index contributed by atoms with van der Waals surface area (Å²) in [5, 5.41) is 14.6. The van der Waals surface area contributed by atoms with Gasteiger partial charge < -0.3 is 5.32 Å². The molecule has 0 saturated heterocycles. The number of nitrogens with one attached hydrogen (secondary N) is 1. The number of non-ortho nitro benzene ring substituents is 1. The summed E-state index contributed by atoms with van der Waals surface area (Å²) in [5.74, 6) is 0.597. The maximum atomic E-state index is 11.0. The van der Waals surface area contributed by atoms with Crippen molar-refractivity contribution in [2.75, 3.05) is 5.32 Å². The van der Waals surface area contributed by atoms with Gasteiger partial charge >= 0.3 is 0 Å². The smallest absolute Gasteiger partial charge is 0.269 e. The Morgan fingerprint density at radius 3 is 3.00 bits per heavy atom. The van der Waals surface area contributed by atoms with Crippen LogP contribution in [0.25, 0.3) is 0 Å². The van der Waals surface area contributed by atoms with Gasteiger partial charge in [0.15, 0.2) is 0 Å². The van der Waals surface area contributed by atoms with Gasteiger partial charge in [-0.25, -0.2) is 0 Å². The maximum Gasteiger partial charge on any atom is 0.269 e. The number of fused-ring (bicyclic) bond motifs is 3. The van der Waals surface area contributed by atoms with Gasteiger partial charge in [-0.15, -0.1) is 0 Å². The highest BCUT2D eigenvalue weighted by Gasteiger charge is 2.38. The normalized spacial score (nSPS) is 25.2. The van der Waals surface area contributed by atoms with Gasteiger partial charge in [0.1, 0.15) is 0 Å². The van der Waals surface area contributed by atoms with Crippen LogP contribution in [-0.2, 0) is 0 Å². The number of pyridine rings is 1. The lowest BCUT2D eigenvalue weighted by Gasteiger charge is -2.37. The molecular weight excluding hydrogens is 278 g/mol. The molecule has 0 bridgehead atoms. The molecule has 5 heteroatoms. The van der Waals surface area contributed by atoms with Crippen molar-refractivity contribution in [1.29, 1.82) is 0 Å². The van der Waals surface area contributed by atoms with E-state index in [1.54, 1.807) is 18.3 Å². The van der Waals surface area contributed by atoms with E-state index >= 15 is 0 Å². The summed E-state index contributed by atoms with van der Waals surface area (Å²) in [5.41, 5.74) is 3.31. The van der Waals surface area contributed by atoms with Gasteiger partial charge in [-0.1, -0.05) is 18.2 Å². The highest BCUT2D eigenvalue weighted by molar-refractivity contribution is 5.62. The van der Waals surface area contributed by atoms with Crippen molar-refractivity contribution in [3.63, 3.8) is 0 Å². The number of hydrogen-bond donors (Lipinski definition) is 1. The minimum absolute atomic E-state index is 0.152. The molecule has 2 aromatic rings. The number of nitro groups is 1. The first-order valence-corrected chi connectivity index (χ1v) is 7.35. The predicted octanol–water partition coefficient (Wildman–Crippen LogP) is 3.82. The van der Waals surface area contributed by atoms with Crippen LogP contribution in [0.4, 0.5) is 11.4 Å². The van der Waals surface area contributed by atoms with Crippen molar-refractivity contribution >= 4 is 11.4 Å². The van der Waals surface area contributed by atoms with Gasteiger partial charge in [-0.3, -0.25) is 15.1 Å². The van der Waals surface area contributed by atoms with Gasteiger partial charge in [-0.05, 0) is 35.6 Å². The third-order valence-electron chi connectivity index (χ3n) is 4.60. The number of anilines is 1. The molecule has 1 aromatic heterocycles. The number of aromatic nitrogens is 1. The second kappa shape index (κ2) is 4.94. The molecular formula is C17H15N3O2. The van der Waals surface area contributed by atoms with Crippen LogP contribution >= 0.6 is 0 Å². The first kappa shape index (κ1) is 13.0. The monoisotopic (exact) mass is 293 g/mol. The fourth-order valence-corrected chi connectivity index (χ4v) is 3.59. The quantitative estimate of drug-likeness (QED) is 0.519. The van der Waals surface area contributed by atoms with E-state index in [0.717, 1.165) is 23.2 Å². The van der Waals surface area contributed by atoms with Crippen molar-refractivity contribution in [2.45, 2.75) is 18.4 Å². The summed E-state index contributed by atoms with van der Waals surface area (Å²) in [4.78, 5) is 14.9. The average Bonchev–Trinajstić information content (AvgIpc) is 3.04. The van der Waals surface area contributed by atoms with Gasteiger partial charge in [0.2, 0.25) is 0 Å². The lowest BCUT2D eigenvalue weighted by Crippen LogP contribution is -2.29. The zero-order chi connectivity index (χ0) is 15.1. The van der Waals surface area contributed by atoms with Crippen LogP contribution in [0.1, 0.15) is 29.5 Å². The molecule has 0 fully saturated rings. The zero-order valence-electron chi connectivity index (χ0n) is 11.8. The van der Waals surface area contributed by atoms with Crippen LogP contribution in [0.5, 0.6) is 0 Å². The number of nitro benzene ring substituents is 1. The van der Waals surface area contributed by atoms with Crippen LogP contribution < -0.4 is 5.32 Å². The first-order chi connectivity index (χ1) is 10.7. The Morgan fingerprint density at radius 1 is 1.32 bits per heavy atom.